The Bertz CT molecular complexity index is 461. The van der Waals surface area contributed by atoms with E-state index in [1.165, 1.54) is 21.7 Å². The van der Waals surface area contributed by atoms with Crippen molar-refractivity contribution in [2.24, 2.45) is 0 Å². The van der Waals surface area contributed by atoms with Gasteiger partial charge >= 0.3 is 0 Å². The van der Waals surface area contributed by atoms with Gasteiger partial charge in [0, 0.05) is 22.3 Å². The first-order valence-electron chi connectivity index (χ1n) is 6.56. The molecule has 2 rings (SSSR count). The largest absolute Gasteiger partial charge is 0.309 e. The Labute approximate surface area is 114 Å². The molecule has 0 fully saturated rings. The molecule has 0 unspecified atom stereocenters. The van der Waals surface area contributed by atoms with E-state index in [1.54, 1.807) is 0 Å². The maximum atomic E-state index is 3.59. The molecule has 0 saturated heterocycles. The standard InChI is InChI=1S/C16H21NS/c1-13(8-10-15-6-4-3-5-7-15)17-12-16-11-9-14(2)18-16/h3-7,9,11,13,17H,8,10,12H2,1-2H3/t13-/m0/s1. The van der Waals surface area contributed by atoms with E-state index in [4.69, 9.17) is 0 Å². The molecule has 0 amide bonds. The van der Waals surface area contributed by atoms with Gasteiger partial charge in [0.25, 0.3) is 0 Å². The van der Waals surface area contributed by atoms with E-state index in [0.717, 1.165) is 13.0 Å². The Morgan fingerprint density at radius 2 is 1.89 bits per heavy atom. The van der Waals surface area contributed by atoms with Crippen molar-refractivity contribution in [1.29, 1.82) is 0 Å². The average Bonchev–Trinajstić information content (AvgIpc) is 2.81. The van der Waals surface area contributed by atoms with E-state index in [1.807, 2.05) is 11.3 Å². The van der Waals surface area contributed by atoms with Crippen molar-refractivity contribution in [1.82, 2.24) is 5.32 Å². The molecule has 0 aliphatic carbocycles. The highest BCUT2D eigenvalue weighted by molar-refractivity contribution is 7.11. The van der Waals surface area contributed by atoms with Crippen molar-refractivity contribution < 1.29 is 0 Å². The monoisotopic (exact) mass is 259 g/mol. The van der Waals surface area contributed by atoms with Crippen LogP contribution in [0.3, 0.4) is 0 Å². The van der Waals surface area contributed by atoms with E-state index in [-0.39, 0.29) is 0 Å². The molecule has 0 aliphatic heterocycles. The SMILES string of the molecule is Cc1ccc(CN[C@@H](C)CCc2ccccc2)s1. The molecule has 1 aromatic carbocycles. The van der Waals surface area contributed by atoms with Gasteiger partial charge in [-0.2, -0.15) is 0 Å². The lowest BCUT2D eigenvalue weighted by Crippen LogP contribution is -2.25. The summed E-state index contributed by atoms with van der Waals surface area (Å²) in [5, 5.41) is 3.59. The van der Waals surface area contributed by atoms with E-state index >= 15 is 0 Å². The third-order valence-corrected chi connectivity index (χ3v) is 4.13. The molecular formula is C16H21NS. The Kier molecular flexibility index (Phi) is 4.97. The molecule has 1 N–H and O–H groups in total. The second kappa shape index (κ2) is 6.72. The maximum Gasteiger partial charge on any atom is 0.0302 e. The summed E-state index contributed by atoms with van der Waals surface area (Å²) in [6, 6.07) is 15.7. The lowest BCUT2D eigenvalue weighted by molar-refractivity contribution is 0.517. The predicted octanol–water partition coefficient (Wildman–Crippen LogP) is 4.17. The fraction of sp³-hybridized carbons (Fsp3) is 0.375. The highest BCUT2D eigenvalue weighted by Crippen LogP contribution is 2.15. The summed E-state index contributed by atoms with van der Waals surface area (Å²) in [6.07, 6.45) is 2.34. The number of benzene rings is 1. The van der Waals surface area contributed by atoms with Gasteiger partial charge in [0.2, 0.25) is 0 Å². The lowest BCUT2D eigenvalue weighted by atomic mass is 10.1. The van der Waals surface area contributed by atoms with Crippen LogP contribution in [0.2, 0.25) is 0 Å². The van der Waals surface area contributed by atoms with Crippen LogP contribution in [0.1, 0.15) is 28.7 Å². The van der Waals surface area contributed by atoms with E-state index in [0.29, 0.717) is 6.04 Å². The van der Waals surface area contributed by atoms with Crippen molar-refractivity contribution in [3.63, 3.8) is 0 Å². The lowest BCUT2D eigenvalue weighted by Gasteiger charge is -2.13. The zero-order chi connectivity index (χ0) is 12.8. The number of hydrogen-bond donors (Lipinski definition) is 1. The summed E-state index contributed by atoms with van der Waals surface area (Å²) in [7, 11) is 0. The first-order valence-corrected chi connectivity index (χ1v) is 7.38. The van der Waals surface area contributed by atoms with Crippen molar-refractivity contribution in [2.45, 2.75) is 39.3 Å². The fourth-order valence-corrected chi connectivity index (χ4v) is 2.83. The third-order valence-electron chi connectivity index (χ3n) is 3.13. The zero-order valence-electron chi connectivity index (χ0n) is 11.1. The topological polar surface area (TPSA) is 12.0 Å². The highest BCUT2D eigenvalue weighted by Gasteiger charge is 2.03. The molecule has 2 heteroatoms. The summed E-state index contributed by atoms with van der Waals surface area (Å²) >= 11 is 1.88. The summed E-state index contributed by atoms with van der Waals surface area (Å²) < 4.78 is 0. The minimum absolute atomic E-state index is 0.563. The molecule has 2 aromatic rings. The Morgan fingerprint density at radius 1 is 1.11 bits per heavy atom. The Balaban J connectivity index is 1.71. The molecule has 0 spiro atoms. The molecule has 1 aromatic heterocycles. The summed E-state index contributed by atoms with van der Waals surface area (Å²) in [5.41, 5.74) is 1.43. The number of thiophene rings is 1. The highest BCUT2D eigenvalue weighted by atomic mass is 32.1. The molecule has 96 valence electrons. The van der Waals surface area contributed by atoms with Crippen molar-refractivity contribution in [2.75, 3.05) is 0 Å². The van der Waals surface area contributed by atoms with Crippen LogP contribution in [0, 0.1) is 6.92 Å². The molecule has 1 heterocycles. The summed E-state index contributed by atoms with van der Waals surface area (Å²) in [4.78, 5) is 2.82. The second-order valence-corrected chi connectivity index (χ2v) is 6.19. The van der Waals surface area contributed by atoms with Crippen LogP contribution in [0.5, 0.6) is 0 Å². The molecule has 0 bridgehead atoms. The summed E-state index contributed by atoms with van der Waals surface area (Å²) in [6.45, 7) is 5.42. The van der Waals surface area contributed by atoms with Crippen LogP contribution < -0.4 is 5.32 Å². The maximum absolute atomic E-state index is 3.59. The number of rotatable bonds is 6. The normalized spacial score (nSPS) is 12.6. The molecule has 0 radical (unpaired) electrons. The van der Waals surface area contributed by atoms with Crippen molar-refractivity contribution in [3.8, 4) is 0 Å². The van der Waals surface area contributed by atoms with Crippen LogP contribution >= 0.6 is 11.3 Å². The van der Waals surface area contributed by atoms with E-state index in [2.05, 4.69) is 61.6 Å². The van der Waals surface area contributed by atoms with Crippen molar-refractivity contribution >= 4 is 11.3 Å². The first kappa shape index (κ1) is 13.3. The predicted molar refractivity (Wildman–Crippen MR) is 80.1 cm³/mol. The van der Waals surface area contributed by atoms with Crippen molar-refractivity contribution in [3.05, 3.63) is 57.8 Å². The number of aryl methyl sites for hydroxylation is 2. The molecule has 0 aliphatic rings. The van der Waals surface area contributed by atoms with E-state index < -0.39 is 0 Å². The Hall–Kier alpha value is -1.12. The van der Waals surface area contributed by atoms with Gasteiger partial charge in [-0.1, -0.05) is 30.3 Å². The van der Waals surface area contributed by atoms with Crippen LogP contribution in [0.4, 0.5) is 0 Å². The van der Waals surface area contributed by atoms with Gasteiger partial charge in [0.1, 0.15) is 0 Å². The minimum Gasteiger partial charge on any atom is -0.309 e. The Morgan fingerprint density at radius 3 is 2.56 bits per heavy atom. The van der Waals surface area contributed by atoms with Gasteiger partial charge in [-0.25, -0.2) is 0 Å². The van der Waals surface area contributed by atoms with Gasteiger partial charge in [-0.3, -0.25) is 0 Å². The number of hydrogen-bond acceptors (Lipinski definition) is 2. The third kappa shape index (κ3) is 4.28. The molecule has 1 atom stereocenters. The van der Waals surface area contributed by atoms with Gasteiger partial charge < -0.3 is 5.32 Å². The molecule has 1 nitrogen and oxygen atoms in total. The van der Waals surface area contributed by atoms with Gasteiger partial charge in [0.05, 0.1) is 0 Å². The molecular weight excluding hydrogens is 238 g/mol. The van der Waals surface area contributed by atoms with Gasteiger partial charge in [0.15, 0.2) is 0 Å². The van der Waals surface area contributed by atoms with E-state index in [9.17, 15) is 0 Å². The molecule has 0 saturated carbocycles. The quantitative estimate of drug-likeness (QED) is 0.821. The zero-order valence-corrected chi connectivity index (χ0v) is 12.0. The van der Waals surface area contributed by atoms with Gasteiger partial charge in [-0.05, 0) is 44.4 Å². The second-order valence-electron chi connectivity index (χ2n) is 4.82. The number of nitrogens with one attached hydrogen (secondary N) is 1. The van der Waals surface area contributed by atoms with Gasteiger partial charge in [-0.15, -0.1) is 11.3 Å². The van der Waals surface area contributed by atoms with Crippen LogP contribution in [0.15, 0.2) is 42.5 Å². The van der Waals surface area contributed by atoms with Crippen LogP contribution in [-0.4, -0.2) is 6.04 Å². The van der Waals surface area contributed by atoms with Crippen LogP contribution in [-0.2, 0) is 13.0 Å². The first-order chi connectivity index (χ1) is 8.74. The average molecular weight is 259 g/mol. The minimum atomic E-state index is 0.563. The fourth-order valence-electron chi connectivity index (χ4n) is 1.98. The smallest absolute Gasteiger partial charge is 0.0302 e. The van der Waals surface area contributed by atoms with Crippen LogP contribution in [0.25, 0.3) is 0 Å². The molecule has 18 heavy (non-hydrogen) atoms. The summed E-state index contributed by atoms with van der Waals surface area (Å²) in [5.74, 6) is 0.